The Morgan fingerprint density at radius 3 is 2.86 bits per heavy atom. The summed E-state index contributed by atoms with van der Waals surface area (Å²) in [7, 11) is 0. The third-order valence-electron chi connectivity index (χ3n) is 2.38. The maximum Gasteiger partial charge on any atom is 0.422 e. The van der Waals surface area contributed by atoms with Crippen molar-refractivity contribution in [2.75, 3.05) is 18.5 Å². The molecule has 0 spiro atoms. The minimum absolute atomic E-state index is 0.100. The summed E-state index contributed by atoms with van der Waals surface area (Å²) in [6, 6.07) is 4.40. The molecule has 3 N–H and O–H groups in total. The molecule has 1 amide bonds. The zero-order valence-corrected chi connectivity index (χ0v) is 11.6. The van der Waals surface area contributed by atoms with Crippen molar-refractivity contribution < 1.29 is 22.7 Å². The number of hydrogen-bond acceptors (Lipinski definition) is 5. The quantitative estimate of drug-likeness (QED) is 0.888. The fraction of sp³-hybridized carbons (Fsp3) is 0.333. The Bertz CT molecular complexity index is 642. The number of fused-ring (bicyclic) bond motifs is 1. The van der Waals surface area contributed by atoms with Gasteiger partial charge in [-0.2, -0.15) is 13.2 Å². The second-order valence-electron chi connectivity index (χ2n) is 4.14. The first kappa shape index (κ1) is 15.5. The first-order valence-corrected chi connectivity index (χ1v) is 6.79. The lowest BCUT2D eigenvalue weighted by Gasteiger charge is -2.08. The monoisotopic (exact) mass is 319 g/mol. The molecule has 0 saturated carbocycles. The largest absolute Gasteiger partial charge is 0.484 e. The number of rotatable bonds is 5. The highest BCUT2D eigenvalue weighted by Crippen LogP contribution is 2.30. The number of nitrogens with zero attached hydrogens (tertiary/aromatic N) is 1. The number of aromatic nitrogens is 1. The molecule has 0 bridgehead atoms. The van der Waals surface area contributed by atoms with Crippen LogP contribution in [0.15, 0.2) is 18.2 Å². The maximum atomic E-state index is 12.1. The summed E-state index contributed by atoms with van der Waals surface area (Å²) >= 11 is 1.15. The van der Waals surface area contributed by atoms with E-state index in [1.54, 1.807) is 0 Å². The summed E-state index contributed by atoms with van der Waals surface area (Å²) in [6.45, 7) is -1.12. The smallest absolute Gasteiger partial charge is 0.422 e. The summed E-state index contributed by atoms with van der Waals surface area (Å²) in [4.78, 5) is 15.5. The van der Waals surface area contributed by atoms with Crippen LogP contribution in [0.25, 0.3) is 10.2 Å². The molecule has 9 heteroatoms. The second kappa shape index (κ2) is 6.27. The van der Waals surface area contributed by atoms with Crippen LogP contribution in [-0.2, 0) is 4.79 Å². The minimum Gasteiger partial charge on any atom is -0.484 e. The number of hydrogen-bond donors (Lipinski definition) is 2. The standard InChI is InChI=1S/C12H12F3N3O2S/c13-12(14,15)6-20-7-1-2-8-9(5-7)21-11(17-8)18-10(19)3-4-16/h1-2,5H,3-4,6,16H2,(H,17,18,19). The van der Waals surface area contributed by atoms with E-state index in [2.05, 4.69) is 15.0 Å². The first-order valence-electron chi connectivity index (χ1n) is 5.97. The number of thiazole rings is 1. The number of alkyl halides is 3. The molecule has 0 fully saturated rings. The van der Waals surface area contributed by atoms with Gasteiger partial charge in [-0.05, 0) is 18.2 Å². The maximum absolute atomic E-state index is 12.1. The van der Waals surface area contributed by atoms with Gasteiger partial charge in [-0.1, -0.05) is 11.3 Å². The lowest BCUT2D eigenvalue weighted by atomic mass is 10.3. The van der Waals surface area contributed by atoms with E-state index in [-0.39, 0.29) is 24.6 Å². The van der Waals surface area contributed by atoms with E-state index in [9.17, 15) is 18.0 Å². The average molecular weight is 319 g/mol. The number of nitrogens with one attached hydrogen (secondary N) is 1. The predicted octanol–water partition coefficient (Wildman–Crippen LogP) is 2.52. The van der Waals surface area contributed by atoms with Gasteiger partial charge in [-0.25, -0.2) is 4.98 Å². The zero-order valence-electron chi connectivity index (χ0n) is 10.7. The minimum atomic E-state index is -4.38. The van der Waals surface area contributed by atoms with Crippen LogP contribution in [0.1, 0.15) is 6.42 Å². The zero-order chi connectivity index (χ0) is 15.5. The van der Waals surface area contributed by atoms with Crippen LogP contribution in [0, 0.1) is 0 Å². The van der Waals surface area contributed by atoms with Gasteiger partial charge in [0.1, 0.15) is 5.75 Å². The predicted molar refractivity (Wildman–Crippen MR) is 73.5 cm³/mol. The molecule has 0 saturated heterocycles. The van der Waals surface area contributed by atoms with E-state index in [0.717, 1.165) is 11.3 Å². The third kappa shape index (κ3) is 4.57. The summed E-state index contributed by atoms with van der Waals surface area (Å²) in [5, 5.41) is 2.95. The number of carbonyl (C=O) groups is 1. The van der Waals surface area contributed by atoms with E-state index in [1.165, 1.54) is 18.2 Å². The molecule has 2 aromatic rings. The Balaban J connectivity index is 2.10. The Labute approximate surface area is 121 Å². The van der Waals surface area contributed by atoms with Gasteiger partial charge in [-0.15, -0.1) is 0 Å². The van der Waals surface area contributed by atoms with Gasteiger partial charge in [0.15, 0.2) is 11.7 Å². The van der Waals surface area contributed by atoms with Crippen LogP contribution in [-0.4, -0.2) is 30.2 Å². The Morgan fingerprint density at radius 2 is 2.19 bits per heavy atom. The van der Waals surface area contributed by atoms with Crippen LogP contribution >= 0.6 is 11.3 Å². The molecule has 2 rings (SSSR count). The van der Waals surface area contributed by atoms with E-state index in [4.69, 9.17) is 5.73 Å². The summed E-state index contributed by atoms with van der Waals surface area (Å²) in [5.74, 6) is -0.159. The number of carbonyl (C=O) groups excluding carboxylic acids is 1. The fourth-order valence-corrected chi connectivity index (χ4v) is 2.44. The molecule has 1 heterocycles. The van der Waals surface area contributed by atoms with Crippen molar-refractivity contribution in [1.82, 2.24) is 4.98 Å². The van der Waals surface area contributed by atoms with Crippen molar-refractivity contribution in [3.05, 3.63) is 18.2 Å². The van der Waals surface area contributed by atoms with Gasteiger partial charge in [0.2, 0.25) is 5.91 Å². The number of anilines is 1. The van der Waals surface area contributed by atoms with Crippen LogP contribution in [0.3, 0.4) is 0 Å². The van der Waals surface area contributed by atoms with Crippen molar-refractivity contribution in [3.8, 4) is 5.75 Å². The Morgan fingerprint density at radius 1 is 1.43 bits per heavy atom. The molecule has 0 unspecified atom stereocenters. The van der Waals surface area contributed by atoms with Gasteiger partial charge in [0.25, 0.3) is 0 Å². The number of amides is 1. The Kier molecular flexibility index (Phi) is 4.63. The van der Waals surface area contributed by atoms with Crippen LogP contribution in [0.2, 0.25) is 0 Å². The molecule has 0 radical (unpaired) electrons. The van der Waals surface area contributed by atoms with Crippen LogP contribution < -0.4 is 15.8 Å². The van der Waals surface area contributed by atoms with Gasteiger partial charge in [0, 0.05) is 13.0 Å². The fourth-order valence-electron chi connectivity index (χ4n) is 1.53. The highest BCUT2D eigenvalue weighted by molar-refractivity contribution is 7.22. The molecule has 0 atom stereocenters. The number of ether oxygens (including phenoxy) is 1. The summed E-state index contributed by atoms with van der Waals surface area (Å²) in [6.07, 6.45) is -4.21. The molecule has 0 aliphatic rings. The van der Waals surface area contributed by atoms with Gasteiger partial charge >= 0.3 is 6.18 Å². The van der Waals surface area contributed by atoms with E-state index in [1.807, 2.05) is 0 Å². The molecular weight excluding hydrogens is 307 g/mol. The lowest BCUT2D eigenvalue weighted by Crippen LogP contribution is -2.19. The molecule has 1 aromatic carbocycles. The number of nitrogens with two attached hydrogens (primary N) is 1. The average Bonchev–Trinajstić information content (AvgIpc) is 2.76. The topological polar surface area (TPSA) is 77.2 Å². The van der Waals surface area contributed by atoms with Crippen LogP contribution in [0.4, 0.5) is 18.3 Å². The molecule has 5 nitrogen and oxygen atoms in total. The number of benzene rings is 1. The SMILES string of the molecule is NCCC(=O)Nc1nc2ccc(OCC(F)(F)F)cc2s1. The van der Waals surface area contributed by atoms with Crippen molar-refractivity contribution in [2.24, 2.45) is 5.73 Å². The highest BCUT2D eigenvalue weighted by Gasteiger charge is 2.28. The highest BCUT2D eigenvalue weighted by atomic mass is 32.1. The normalized spacial score (nSPS) is 11.6. The van der Waals surface area contributed by atoms with Crippen molar-refractivity contribution >= 4 is 32.6 Å². The third-order valence-corrected chi connectivity index (χ3v) is 3.31. The lowest BCUT2D eigenvalue weighted by molar-refractivity contribution is -0.153. The number of halogens is 3. The molecular formula is C12H12F3N3O2S. The van der Waals surface area contributed by atoms with Crippen molar-refractivity contribution in [3.63, 3.8) is 0 Å². The molecule has 1 aromatic heterocycles. The van der Waals surface area contributed by atoms with Crippen molar-refractivity contribution in [2.45, 2.75) is 12.6 Å². The van der Waals surface area contributed by atoms with E-state index >= 15 is 0 Å². The van der Waals surface area contributed by atoms with Gasteiger partial charge in [-0.3, -0.25) is 4.79 Å². The first-order chi connectivity index (χ1) is 9.87. The molecule has 21 heavy (non-hydrogen) atoms. The van der Waals surface area contributed by atoms with Gasteiger partial charge in [0.05, 0.1) is 10.2 Å². The molecule has 0 aliphatic heterocycles. The van der Waals surface area contributed by atoms with E-state index in [0.29, 0.717) is 15.3 Å². The van der Waals surface area contributed by atoms with E-state index < -0.39 is 12.8 Å². The Hall–Kier alpha value is -1.87. The van der Waals surface area contributed by atoms with Crippen molar-refractivity contribution in [1.29, 1.82) is 0 Å². The molecule has 0 aliphatic carbocycles. The van der Waals surface area contributed by atoms with Crippen LogP contribution in [0.5, 0.6) is 5.75 Å². The summed E-state index contributed by atoms with van der Waals surface area (Å²) < 4.78 is 41.5. The van der Waals surface area contributed by atoms with Gasteiger partial charge < -0.3 is 15.8 Å². The second-order valence-corrected chi connectivity index (χ2v) is 5.17. The molecule has 114 valence electrons. The summed E-state index contributed by atoms with van der Waals surface area (Å²) in [5.41, 5.74) is 5.83.